The highest BCUT2D eigenvalue weighted by molar-refractivity contribution is 5.76. The lowest BCUT2D eigenvalue weighted by Gasteiger charge is -2.38. The lowest BCUT2D eigenvalue weighted by Crippen LogP contribution is -2.56. The Morgan fingerprint density at radius 3 is 2.90 bits per heavy atom. The number of hydrogen-bond acceptors (Lipinski definition) is 4. The van der Waals surface area contributed by atoms with Crippen molar-refractivity contribution in [3.8, 4) is 0 Å². The summed E-state index contributed by atoms with van der Waals surface area (Å²) in [7, 11) is 0. The van der Waals surface area contributed by atoms with Crippen molar-refractivity contribution < 1.29 is 18.3 Å². The standard InChI is InChI=1S/C15H20F2N2O2/c1-3-21-15(20)14-9-18-6-7-19(14)10(2)11-4-5-12(16)13(17)8-11/h4-5,8,10,14,18H,3,6-7,9H2,1-2H3. The van der Waals surface area contributed by atoms with Gasteiger partial charge in [0.15, 0.2) is 11.6 Å². The van der Waals surface area contributed by atoms with E-state index in [9.17, 15) is 13.6 Å². The number of carbonyl (C=O) groups excluding carboxylic acids is 1. The average molecular weight is 298 g/mol. The van der Waals surface area contributed by atoms with Gasteiger partial charge in [0.2, 0.25) is 0 Å². The molecule has 1 aromatic carbocycles. The molecule has 116 valence electrons. The second kappa shape index (κ2) is 6.95. The van der Waals surface area contributed by atoms with Crippen LogP contribution in [-0.2, 0) is 9.53 Å². The number of ether oxygens (including phenoxy) is 1. The Labute approximate surface area is 123 Å². The van der Waals surface area contributed by atoms with E-state index in [0.717, 1.165) is 12.6 Å². The van der Waals surface area contributed by atoms with E-state index >= 15 is 0 Å². The molecule has 0 saturated carbocycles. The lowest BCUT2D eigenvalue weighted by atomic mass is 10.0. The number of halogens is 2. The van der Waals surface area contributed by atoms with Crippen LogP contribution in [0.4, 0.5) is 8.78 Å². The van der Waals surface area contributed by atoms with Gasteiger partial charge in [0.05, 0.1) is 6.61 Å². The molecule has 1 aliphatic heterocycles. The predicted molar refractivity (Wildman–Crippen MR) is 74.8 cm³/mol. The maximum Gasteiger partial charge on any atom is 0.324 e. The molecule has 2 unspecified atom stereocenters. The van der Waals surface area contributed by atoms with Crippen LogP contribution in [0.2, 0.25) is 0 Å². The first-order valence-corrected chi connectivity index (χ1v) is 7.12. The Morgan fingerprint density at radius 1 is 1.48 bits per heavy atom. The summed E-state index contributed by atoms with van der Waals surface area (Å²) < 4.78 is 31.5. The molecule has 1 saturated heterocycles. The number of nitrogens with one attached hydrogen (secondary N) is 1. The van der Waals surface area contributed by atoms with Crippen LogP contribution >= 0.6 is 0 Å². The van der Waals surface area contributed by atoms with Crippen molar-refractivity contribution in [1.29, 1.82) is 0 Å². The number of esters is 1. The maximum atomic E-state index is 13.4. The minimum atomic E-state index is -0.873. The van der Waals surface area contributed by atoms with Crippen molar-refractivity contribution in [2.45, 2.75) is 25.9 Å². The van der Waals surface area contributed by atoms with E-state index < -0.39 is 17.7 Å². The fraction of sp³-hybridized carbons (Fsp3) is 0.533. The number of nitrogens with zero attached hydrogens (tertiary/aromatic N) is 1. The Balaban J connectivity index is 2.19. The van der Waals surface area contributed by atoms with Crippen molar-refractivity contribution in [2.75, 3.05) is 26.2 Å². The summed E-state index contributed by atoms with van der Waals surface area (Å²) >= 11 is 0. The highest BCUT2D eigenvalue weighted by Crippen LogP contribution is 2.25. The van der Waals surface area contributed by atoms with Crippen LogP contribution in [0, 0.1) is 11.6 Å². The molecule has 0 aliphatic carbocycles. The molecule has 4 nitrogen and oxygen atoms in total. The quantitative estimate of drug-likeness (QED) is 0.862. The molecule has 0 spiro atoms. The largest absolute Gasteiger partial charge is 0.465 e. The molecule has 0 bridgehead atoms. The predicted octanol–water partition coefficient (Wildman–Crippen LogP) is 1.86. The van der Waals surface area contributed by atoms with Gasteiger partial charge in [-0.15, -0.1) is 0 Å². The molecule has 0 aromatic heterocycles. The highest BCUT2D eigenvalue weighted by Gasteiger charge is 2.33. The molecule has 2 atom stereocenters. The van der Waals surface area contributed by atoms with E-state index in [0.29, 0.717) is 25.3 Å². The van der Waals surface area contributed by atoms with Crippen LogP contribution < -0.4 is 5.32 Å². The van der Waals surface area contributed by atoms with Crippen molar-refractivity contribution in [2.24, 2.45) is 0 Å². The summed E-state index contributed by atoms with van der Waals surface area (Å²) in [5, 5.41) is 3.15. The minimum Gasteiger partial charge on any atom is -0.465 e. The average Bonchev–Trinajstić information content (AvgIpc) is 2.49. The molecule has 1 heterocycles. The van der Waals surface area contributed by atoms with Gasteiger partial charge in [-0.1, -0.05) is 6.07 Å². The first-order valence-electron chi connectivity index (χ1n) is 7.12. The molecular formula is C15H20F2N2O2. The molecule has 21 heavy (non-hydrogen) atoms. The molecule has 1 N–H and O–H groups in total. The number of benzene rings is 1. The van der Waals surface area contributed by atoms with E-state index in [1.54, 1.807) is 13.0 Å². The van der Waals surface area contributed by atoms with Gasteiger partial charge in [0.1, 0.15) is 6.04 Å². The normalized spacial score (nSPS) is 21.0. The highest BCUT2D eigenvalue weighted by atomic mass is 19.2. The summed E-state index contributed by atoms with van der Waals surface area (Å²) in [6, 6.07) is 3.23. The van der Waals surface area contributed by atoms with Gasteiger partial charge in [-0.2, -0.15) is 0 Å². The van der Waals surface area contributed by atoms with Gasteiger partial charge in [0, 0.05) is 25.7 Å². The van der Waals surface area contributed by atoms with E-state index in [1.807, 2.05) is 11.8 Å². The van der Waals surface area contributed by atoms with Crippen LogP contribution in [-0.4, -0.2) is 43.2 Å². The third kappa shape index (κ3) is 3.57. The van der Waals surface area contributed by atoms with E-state index in [-0.39, 0.29) is 12.0 Å². The lowest BCUT2D eigenvalue weighted by molar-refractivity contribution is -0.151. The second-order valence-electron chi connectivity index (χ2n) is 5.06. The van der Waals surface area contributed by atoms with Gasteiger partial charge in [0.25, 0.3) is 0 Å². The van der Waals surface area contributed by atoms with Crippen LogP contribution in [0.5, 0.6) is 0 Å². The smallest absolute Gasteiger partial charge is 0.324 e. The topological polar surface area (TPSA) is 41.6 Å². The monoisotopic (exact) mass is 298 g/mol. The number of piperazine rings is 1. The van der Waals surface area contributed by atoms with Gasteiger partial charge in [-0.25, -0.2) is 8.78 Å². The summed E-state index contributed by atoms with van der Waals surface area (Å²) in [6.07, 6.45) is 0. The summed E-state index contributed by atoms with van der Waals surface area (Å²) in [5.41, 5.74) is 0.644. The van der Waals surface area contributed by atoms with E-state index in [1.165, 1.54) is 6.07 Å². The summed E-state index contributed by atoms with van der Waals surface area (Å²) in [5.74, 6) is -2.03. The fourth-order valence-corrected chi connectivity index (χ4v) is 2.60. The van der Waals surface area contributed by atoms with E-state index in [2.05, 4.69) is 5.32 Å². The van der Waals surface area contributed by atoms with Gasteiger partial charge >= 0.3 is 5.97 Å². The molecule has 0 radical (unpaired) electrons. The third-order valence-electron chi connectivity index (χ3n) is 3.77. The van der Waals surface area contributed by atoms with Crippen molar-refractivity contribution in [3.05, 3.63) is 35.4 Å². The Morgan fingerprint density at radius 2 is 2.24 bits per heavy atom. The van der Waals surface area contributed by atoms with Crippen LogP contribution in [0.3, 0.4) is 0 Å². The van der Waals surface area contributed by atoms with Crippen LogP contribution in [0.25, 0.3) is 0 Å². The van der Waals surface area contributed by atoms with Crippen molar-refractivity contribution in [3.63, 3.8) is 0 Å². The van der Waals surface area contributed by atoms with Gasteiger partial charge in [-0.3, -0.25) is 9.69 Å². The Bertz CT molecular complexity index is 510. The van der Waals surface area contributed by atoms with Crippen LogP contribution in [0.1, 0.15) is 25.5 Å². The fourth-order valence-electron chi connectivity index (χ4n) is 2.60. The second-order valence-corrected chi connectivity index (χ2v) is 5.06. The molecule has 0 amide bonds. The minimum absolute atomic E-state index is 0.198. The van der Waals surface area contributed by atoms with Crippen LogP contribution in [0.15, 0.2) is 18.2 Å². The first-order chi connectivity index (χ1) is 10.0. The zero-order valence-electron chi connectivity index (χ0n) is 12.2. The maximum absolute atomic E-state index is 13.4. The first kappa shape index (κ1) is 15.9. The molecule has 1 fully saturated rings. The summed E-state index contributed by atoms with van der Waals surface area (Å²) in [4.78, 5) is 14.0. The Kier molecular flexibility index (Phi) is 5.25. The van der Waals surface area contributed by atoms with Gasteiger partial charge < -0.3 is 10.1 Å². The summed E-state index contributed by atoms with van der Waals surface area (Å²) in [6.45, 7) is 5.84. The molecule has 6 heteroatoms. The molecule has 2 rings (SSSR count). The van der Waals surface area contributed by atoms with Gasteiger partial charge in [-0.05, 0) is 31.5 Å². The van der Waals surface area contributed by atoms with Crippen molar-refractivity contribution >= 4 is 5.97 Å². The number of carbonyl (C=O) groups is 1. The SMILES string of the molecule is CCOC(=O)C1CNCCN1C(C)c1ccc(F)c(F)c1. The zero-order chi connectivity index (χ0) is 15.4. The molecule has 1 aliphatic rings. The third-order valence-corrected chi connectivity index (χ3v) is 3.77. The zero-order valence-corrected chi connectivity index (χ0v) is 12.2. The van der Waals surface area contributed by atoms with E-state index in [4.69, 9.17) is 4.74 Å². The number of hydrogen-bond donors (Lipinski definition) is 1. The number of rotatable bonds is 4. The molecule has 1 aromatic rings. The van der Waals surface area contributed by atoms with Crippen molar-refractivity contribution in [1.82, 2.24) is 10.2 Å². The Hall–Kier alpha value is -1.53. The molecular weight excluding hydrogens is 278 g/mol.